The van der Waals surface area contributed by atoms with Gasteiger partial charge in [0, 0.05) is 25.9 Å². The van der Waals surface area contributed by atoms with E-state index < -0.39 is 0 Å². The van der Waals surface area contributed by atoms with Gasteiger partial charge in [-0.15, -0.1) is 43.9 Å². The molecule has 0 atom stereocenters. The van der Waals surface area contributed by atoms with E-state index in [1.165, 1.54) is 38.5 Å². The molecule has 0 amide bonds. The van der Waals surface area contributed by atoms with Gasteiger partial charge < -0.3 is 10.2 Å². The van der Waals surface area contributed by atoms with Crippen molar-refractivity contribution in [3.8, 4) is 24.2 Å². The molecule has 0 fully saturated rings. The molecule has 0 aliphatic carbocycles. The molecule has 2 heteroatoms. The monoisotopic (exact) mass is 336 g/mol. The number of aliphatic hydroxyl groups excluding tert-OH is 2. The molecular weight excluding hydrogens is 296 g/mol. The van der Waals surface area contributed by atoms with Gasteiger partial charge in [0.15, 0.2) is 0 Å². The van der Waals surface area contributed by atoms with Crippen molar-refractivity contribution in [2.24, 2.45) is 0 Å². The van der Waals surface area contributed by atoms with Crippen LogP contribution < -0.4 is 0 Å². The lowest BCUT2D eigenvalue weighted by Crippen LogP contribution is -1.76. The number of hydrogen-bond acceptors (Lipinski definition) is 2. The highest BCUT2D eigenvalue weighted by atomic mass is 16.3. The van der Waals surface area contributed by atoms with E-state index in [1.54, 1.807) is 6.08 Å². The van der Waals surface area contributed by atoms with Gasteiger partial charge in [0.2, 0.25) is 0 Å². The van der Waals surface area contributed by atoms with Gasteiger partial charge in [-0.2, -0.15) is 0 Å². The Morgan fingerprint density at radius 2 is 1.33 bits per heavy atom. The third-order valence-corrected chi connectivity index (χ3v) is 2.53. The van der Waals surface area contributed by atoms with Crippen LogP contribution in [0, 0.1) is 24.2 Å². The minimum Gasteiger partial charge on any atom is -0.396 e. The van der Waals surface area contributed by atoms with Crippen molar-refractivity contribution in [3.05, 3.63) is 25.8 Å². The molecule has 0 heterocycles. The number of aliphatic hydroxyl groups is 2. The summed E-state index contributed by atoms with van der Waals surface area (Å²) in [5, 5.41) is 16.4. The van der Waals surface area contributed by atoms with E-state index in [-0.39, 0.29) is 13.2 Å². The molecule has 0 aliphatic rings. The quantitative estimate of drug-likeness (QED) is 0.331. The molecular formula is C22H40O2. The maximum Gasteiger partial charge on any atom is 0.0540 e. The van der Waals surface area contributed by atoms with E-state index in [9.17, 15) is 0 Å². The Kier molecular flexibility index (Phi) is 54.5. The second kappa shape index (κ2) is 43.0. The van der Waals surface area contributed by atoms with Crippen molar-refractivity contribution < 1.29 is 10.2 Å². The summed E-state index contributed by atoms with van der Waals surface area (Å²) in [5.74, 6) is 8.51. The van der Waals surface area contributed by atoms with Crippen LogP contribution in [-0.4, -0.2) is 23.4 Å². The highest BCUT2D eigenvalue weighted by Crippen LogP contribution is 1.96. The van der Waals surface area contributed by atoms with Crippen molar-refractivity contribution in [2.75, 3.05) is 13.2 Å². The Balaban J connectivity index is -0.000000125. The second-order valence-electron chi connectivity index (χ2n) is 4.75. The van der Waals surface area contributed by atoms with E-state index in [0.717, 1.165) is 12.8 Å². The predicted molar refractivity (Wildman–Crippen MR) is 110 cm³/mol. The third-order valence-electron chi connectivity index (χ3n) is 2.53. The van der Waals surface area contributed by atoms with Crippen molar-refractivity contribution >= 4 is 0 Å². The summed E-state index contributed by atoms with van der Waals surface area (Å²) in [5.41, 5.74) is 0. The molecule has 0 aromatic rings. The number of hydrogen-bond donors (Lipinski definition) is 2. The molecule has 0 bridgehead atoms. The summed E-state index contributed by atoms with van der Waals surface area (Å²) in [7, 11) is 0. The van der Waals surface area contributed by atoms with E-state index in [4.69, 9.17) is 16.6 Å². The highest BCUT2D eigenvalue weighted by molar-refractivity contribution is 4.98. The van der Waals surface area contributed by atoms with Crippen LogP contribution in [0.3, 0.4) is 0 Å². The molecule has 0 aliphatic heterocycles. The van der Waals surface area contributed by atoms with E-state index >= 15 is 0 Å². The SMILES string of the molecule is C#CCCCCC.C=C.C=CCCO.CCCCCC#CCCO. The van der Waals surface area contributed by atoms with Crippen LogP contribution >= 0.6 is 0 Å². The number of terminal acetylenes is 1. The summed E-state index contributed by atoms with van der Waals surface area (Å²) in [6, 6.07) is 0. The summed E-state index contributed by atoms with van der Waals surface area (Å²) >= 11 is 0. The van der Waals surface area contributed by atoms with Crippen molar-refractivity contribution in [2.45, 2.75) is 78.1 Å². The normalized spacial score (nSPS) is 7.62. The average Bonchev–Trinajstić information content (AvgIpc) is 2.62. The Hall–Kier alpha value is -1.48. The molecule has 0 radical (unpaired) electrons. The fourth-order valence-corrected chi connectivity index (χ4v) is 1.26. The van der Waals surface area contributed by atoms with Gasteiger partial charge >= 0.3 is 0 Å². The third kappa shape index (κ3) is 58.9. The molecule has 0 saturated carbocycles. The lowest BCUT2D eigenvalue weighted by molar-refractivity contribution is 0.302. The van der Waals surface area contributed by atoms with E-state index in [2.05, 4.69) is 51.3 Å². The zero-order chi connectivity index (χ0) is 19.3. The number of rotatable bonds is 9. The molecule has 0 aromatic carbocycles. The van der Waals surface area contributed by atoms with Crippen molar-refractivity contribution in [1.82, 2.24) is 0 Å². The minimum absolute atomic E-state index is 0.195. The Morgan fingerprint density at radius 1 is 0.833 bits per heavy atom. The molecule has 0 unspecified atom stereocenters. The Labute approximate surface area is 152 Å². The van der Waals surface area contributed by atoms with Gasteiger partial charge in [-0.3, -0.25) is 0 Å². The summed E-state index contributed by atoms with van der Waals surface area (Å²) < 4.78 is 0. The van der Waals surface area contributed by atoms with Crippen LogP contribution in [0.5, 0.6) is 0 Å². The maximum absolute atomic E-state index is 8.37. The zero-order valence-electron chi connectivity index (χ0n) is 16.2. The molecule has 0 saturated heterocycles. The van der Waals surface area contributed by atoms with Gasteiger partial charge in [-0.25, -0.2) is 0 Å². The molecule has 0 rings (SSSR count). The van der Waals surface area contributed by atoms with Crippen LogP contribution in [0.25, 0.3) is 0 Å². The van der Waals surface area contributed by atoms with Gasteiger partial charge in [0.25, 0.3) is 0 Å². The van der Waals surface area contributed by atoms with Gasteiger partial charge in [0.1, 0.15) is 0 Å². The van der Waals surface area contributed by atoms with Gasteiger partial charge in [0.05, 0.1) is 6.61 Å². The summed E-state index contributed by atoms with van der Waals surface area (Å²) in [4.78, 5) is 0. The maximum atomic E-state index is 8.37. The minimum atomic E-state index is 0.195. The topological polar surface area (TPSA) is 40.5 Å². The molecule has 24 heavy (non-hydrogen) atoms. The van der Waals surface area contributed by atoms with Crippen molar-refractivity contribution in [1.29, 1.82) is 0 Å². The first-order valence-electron chi connectivity index (χ1n) is 8.96. The highest BCUT2D eigenvalue weighted by Gasteiger charge is 1.80. The first-order chi connectivity index (χ1) is 11.7. The second-order valence-corrected chi connectivity index (χ2v) is 4.75. The molecule has 0 spiro atoms. The van der Waals surface area contributed by atoms with Crippen LogP contribution in [0.2, 0.25) is 0 Å². The molecule has 2 N–H and O–H groups in total. The Morgan fingerprint density at radius 3 is 1.67 bits per heavy atom. The standard InChI is InChI=1S/C9H16O.C7H12.C4H8O.C2H4/c1-2-3-4-5-6-7-8-9-10;1-3-5-7-6-4-2;1-2-3-4-5;1-2/h10H,2-5,8-9H2,1H3;1H,4-7H2,2H3;2,5H,1,3-4H2;1-2H2. The fourth-order valence-electron chi connectivity index (χ4n) is 1.26. The van der Waals surface area contributed by atoms with Crippen molar-refractivity contribution in [3.63, 3.8) is 0 Å². The van der Waals surface area contributed by atoms with Crippen LogP contribution in [-0.2, 0) is 0 Å². The summed E-state index contributed by atoms with van der Waals surface area (Å²) in [6.45, 7) is 14.2. The lowest BCUT2D eigenvalue weighted by atomic mass is 10.2. The van der Waals surface area contributed by atoms with Gasteiger partial charge in [-0.1, -0.05) is 45.6 Å². The lowest BCUT2D eigenvalue weighted by Gasteiger charge is -1.87. The first-order valence-corrected chi connectivity index (χ1v) is 8.96. The van der Waals surface area contributed by atoms with Crippen LogP contribution in [0.4, 0.5) is 0 Å². The average molecular weight is 337 g/mol. The Bertz CT molecular complexity index is 291. The van der Waals surface area contributed by atoms with Crippen LogP contribution in [0.1, 0.15) is 78.1 Å². The zero-order valence-corrected chi connectivity index (χ0v) is 16.2. The predicted octanol–water partition coefficient (Wildman–Crippen LogP) is 5.51. The molecule has 2 nitrogen and oxygen atoms in total. The molecule has 140 valence electrons. The summed E-state index contributed by atoms with van der Waals surface area (Å²) in [6.07, 6.45) is 17.5. The van der Waals surface area contributed by atoms with Gasteiger partial charge in [-0.05, 0) is 19.3 Å². The largest absolute Gasteiger partial charge is 0.396 e. The van der Waals surface area contributed by atoms with E-state index in [1.807, 2.05) is 0 Å². The fraction of sp³-hybridized carbons (Fsp3) is 0.636. The number of unbranched alkanes of at least 4 members (excludes halogenated alkanes) is 6. The van der Waals surface area contributed by atoms with E-state index in [0.29, 0.717) is 12.8 Å². The molecule has 0 aromatic heterocycles. The van der Waals surface area contributed by atoms with Crippen LogP contribution in [0.15, 0.2) is 25.8 Å². The first kappa shape index (κ1) is 30.4. The smallest absolute Gasteiger partial charge is 0.0540 e.